The number of carboxylic acid groups (broad SMARTS) is 3. The number of carboxylic acids is 3. The summed E-state index contributed by atoms with van der Waals surface area (Å²) < 4.78 is 97.5. The van der Waals surface area contributed by atoms with Crippen molar-refractivity contribution in [3.8, 4) is 17.2 Å². The number of alkyl halides is 6. The average molecular weight is 1430 g/mol. The zero-order valence-corrected chi connectivity index (χ0v) is 50.4. The van der Waals surface area contributed by atoms with Crippen LogP contribution in [0.5, 0.6) is 17.2 Å². The van der Waals surface area contributed by atoms with Crippen LogP contribution in [0.15, 0.2) is 109 Å². The van der Waals surface area contributed by atoms with Crippen LogP contribution in [0.3, 0.4) is 0 Å². The van der Waals surface area contributed by atoms with Gasteiger partial charge in [-0.05, 0) is 183 Å². The average Bonchev–Trinajstić information content (AvgIpc) is 3.40. The highest BCUT2D eigenvalue weighted by Gasteiger charge is 2.32. The Labute approximate surface area is 502 Å². The molecule has 0 aliphatic rings. The van der Waals surface area contributed by atoms with Crippen molar-refractivity contribution in [2.75, 3.05) is 47.7 Å². The number of hydrogen-bond donors (Lipinski definition) is 8. The van der Waals surface area contributed by atoms with Crippen molar-refractivity contribution in [1.82, 2.24) is 0 Å². The minimum Gasteiger partial charge on any atom is -0.487 e. The predicted molar refractivity (Wildman–Crippen MR) is 309 cm³/mol. The number of carbonyl (C=O) groups excluding carboxylic acids is 2. The smallest absolute Gasteiger partial charge is 0.416 e. The van der Waals surface area contributed by atoms with Crippen LogP contribution in [-0.4, -0.2) is 66.2 Å². The molecule has 2 amide bonds. The molecule has 6 rings (SSSR count). The monoisotopic (exact) mass is 1430 g/mol. The predicted octanol–water partition coefficient (Wildman–Crippen LogP) is 15.1. The Hall–Kier alpha value is -6.45. The third kappa shape index (κ3) is 22.1. The van der Waals surface area contributed by atoms with E-state index in [4.69, 9.17) is 52.7 Å². The number of rotatable bonds is 20. The highest BCUT2D eigenvalue weighted by atomic mass is 79.9. The lowest BCUT2D eigenvalue weighted by Gasteiger charge is -2.15. The molecule has 16 nitrogen and oxygen atoms in total. The van der Waals surface area contributed by atoms with Crippen molar-refractivity contribution in [3.05, 3.63) is 158 Å². The zero-order chi connectivity index (χ0) is 60.5. The topological polar surface area (TPSA) is 234 Å². The number of benzene rings is 6. The summed E-state index contributed by atoms with van der Waals surface area (Å²) in [5.41, 5.74) is 3.89. The molecule has 0 heterocycles. The van der Waals surface area contributed by atoms with Crippen molar-refractivity contribution in [3.63, 3.8) is 0 Å². The number of aryl methyl sites for hydroxylation is 1. The minimum atomic E-state index is -4.52. The number of hydrogen-bond acceptors (Lipinski definition) is 11. The molecule has 434 valence electrons. The van der Waals surface area contributed by atoms with Crippen molar-refractivity contribution in [1.29, 1.82) is 0 Å². The fraction of sp³-hybridized carbons (Fsp3) is 0.226. The van der Waals surface area contributed by atoms with Crippen molar-refractivity contribution in [2.24, 2.45) is 0 Å². The van der Waals surface area contributed by atoms with Crippen LogP contribution >= 0.6 is 86.9 Å². The highest BCUT2D eigenvalue weighted by Crippen LogP contribution is 2.40. The van der Waals surface area contributed by atoms with Crippen LogP contribution in [0.4, 0.5) is 54.8 Å². The van der Waals surface area contributed by atoms with Gasteiger partial charge in [0.05, 0.1) is 45.5 Å². The van der Waals surface area contributed by atoms with Gasteiger partial charge in [0.1, 0.15) is 44.2 Å². The molecule has 0 radical (unpaired) electrons. The summed E-state index contributed by atoms with van der Waals surface area (Å²) in [6.07, 6.45) is -10.5. The summed E-state index contributed by atoms with van der Waals surface area (Å²) in [6, 6.07) is 22.2. The van der Waals surface area contributed by atoms with Crippen LogP contribution in [0.1, 0.15) is 51.8 Å². The molecule has 0 bridgehead atoms. The van der Waals surface area contributed by atoms with Crippen molar-refractivity contribution < 1.29 is 79.8 Å². The van der Waals surface area contributed by atoms with Gasteiger partial charge in [0.15, 0.2) is 5.75 Å². The molecule has 6 aromatic rings. The first-order valence-electron chi connectivity index (χ1n) is 23.0. The maximum atomic E-state index is 13.0. The number of halogens is 12. The summed E-state index contributed by atoms with van der Waals surface area (Å²) in [7, 11) is 4.89. The van der Waals surface area contributed by atoms with Gasteiger partial charge in [0, 0.05) is 49.6 Å². The molecule has 81 heavy (non-hydrogen) atoms. The molecule has 8 N–H and O–H groups in total. The second-order valence-corrected chi connectivity index (χ2v) is 21.1. The number of carbonyl (C=O) groups is 5. The van der Waals surface area contributed by atoms with Crippen LogP contribution < -0.4 is 40.8 Å². The molecular weight excluding hydrogens is 1390 g/mol. The molecule has 0 unspecified atom stereocenters. The Morgan fingerprint density at radius 2 is 0.802 bits per heavy atom. The Morgan fingerprint density at radius 3 is 1.16 bits per heavy atom. The Balaban J connectivity index is 0.000000263. The lowest BCUT2D eigenvalue weighted by molar-refractivity contribution is -0.141. The van der Waals surface area contributed by atoms with Crippen molar-refractivity contribution >= 4 is 145 Å². The van der Waals surface area contributed by atoms with Crippen LogP contribution in [0, 0.1) is 6.92 Å². The van der Waals surface area contributed by atoms with Gasteiger partial charge in [-0.25, -0.2) is 0 Å². The highest BCUT2D eigenvalue weighted by molar-refractivity contribution is 9.11. The van der Waals surface area contributed by atoms with E-state index in [1.54, 1.807) is 12.1 Å². The molecular formula is C53H47Br4Cl2F6N5O11. The van der Waals surface area contributed by atoms with Crippen molar-refractivity contribution in [2.45, 2.75) is 58.4 Å². The summed E-state index contributed by atoms with van der Waals surface area (Å²) >= 11 is 25.6. The van der Waals surface area contributed by atoms with E-state index in [1.807, 2.05) is 20.0 Å². The number of aliphatic carboxylic acids is 3. The number of anilines is 5. The lowest BCUT2D eigenvalue weighted by Crippen LogP contribution is -2.16. The molecule has 0 saturated carbocycles. The second kappa shape index (κ2) is 30.6. The lowest BCUT2D eigenvalue weighted by atomic mass is 10.1. The molecule has 0 spiro atoms. The van der Waals surface area contributed by atoms with Gasteiger partial charge < -0.3 is 56.1 Å². The first-order chi connectivity index (χ1) is 37.9. The normalized spacial score (nSPS) is 10.9. The van der Waals surface area contributed by atoms with Gasteiger partial charge in [0.25, 0.3) is 0 Å². The van der Waals surface area contributed by atoms with Crippen LogP contribution in [-0.2, 0) is 62.6 Å². The van der Waals surface area contributed by atoms with Gasteiger partial charge in [-0.1, -0.05) is 29.3 Å². The van der Waals surface area contributed by atoms with Gasteiger partial charge in [0.2, 0.25) is 11.8 Å². The number of nitrogens with one attached hydrogen (secondary N) is 5. The van der Waals surface area contributed by atoms with E-state index in [1.165, 1.54) is 50.5 Å². The van der Waals surface area contributed by atoms with Crippen LogP contribution in [0.2, 0.25) is 10.0 Å². The maximum Gasteiger partial charge on any atom is 0.416 e. The van der Waals surface area contributed by atoms with E-state index in [0.717, 1.165) is 50.0 Å². The summed E-state index contributed by atoms with van der Waals surface area (Å²) in [6.45, 7) is 2.08. The van der Waals surface area contributed by atoms with E-state index >= 15 is 0 Å². The Morgan fingerprint density at radius 1 is 0.457 bits per heavy atom. The molecule has 6 aromatic carbocycles. The summed E-state index contributed by atoms with van der Waals surface area (Å²) in [5.74, 6) is -3.93. The quantitative estimate of drug-likeness (QED) is 0.0262. The first-order valence-corrected chi connectivity index (χ1v) is 27.0. The largest absolute Gasteiger partial charge is 0.487 e. The molecule has 0 atom stereocenters. The van der Waals surface area contributed by atoms with Gasteiger partial charge in [-0.2, -0.15) is 26.3 Å². The third-order valence-electron chi connectivity index (χ3n) is 10.4. The second-order valence-electron chi connectivity index (χ2n) is 16.9. The van der Waals surface area contributed by atoms with E-state index in [2.05, 4.69) is 102 Å². The summed E-state index contributed by atoms with van der Waals surface area (Å²) in [5, 5.41) is 39.3. The Kier molecular flexibility index (Phi) is 25.3. The van der Waals surface area contributed by atoms with Gasteiger partial charge in [-0.3, -0.25) is 24.0 Å². The number of amides is 2. The molecule has 0 saturated heterocycles. The summed E-state index contributed by atoms with van der Waals surface area (Å²) in [4.78, 5) is 55.0. The minimum absolute atomic E-state index is 0.00739. The third-order valence-corrected chi connectivity index (χ3v) is 13.3. The molecule has 28 heteroatoms. The van der Waals surface area contributed by atoms with E-state index in [9.17, 15) is 50.3 Å². The Bertz CT molecular complexity index is 3070. The van der Waals surface area contributed by atoms with Gasteiger partial charge >= 0.3 is 30.3 Å². The molecule has 0 aliphatic heterocycles. The first kappa shape index (κ1) is 67.1. The van der Waals surface area contributed by atoms with E-state index in [0.29, 0.717) is 49.6 Å². The van der Waals surface area contributed by atoms with E-state index in [-0.39, 0.29) is 52.4 Å². The van der Waals surface area contributed by atoms with Gasteiger partial charge in [-0.15, -0.1) is 0 Å². The van der Waals surface area contributed by atoms with E-state index < -0.39 is 66.0 Å². The van der Waals surface area contributed by atoms with Crippen LogP contribution in [0.25, 0.3) is 0 Å². The zero-order valence-electron chi connectivity index (χ0n) is 42.5. The SMILES string of the molecule is CNc1cc(C)cc(COc2c(Br)cc(CC(=O)O)cc2Br)c1.CNc1cc(COc2c(Br)cc(NC(=O)CC(=O)O)cc2Br)cc(C(F)(F)F)c1.CNc1cc(COc2c(Cl)cc(NC(=O)CC(=O)O)cc2Cl)cc(C(F)(F)F)c1. The molecule has 0 aliphatic carbocycles. The fourth-order valence-electron chi connectivity index (χ4n) is 6.98. The standard InChI is InChI=1S/C18H15Br2F3N2O4.C18H15Cl2F3N2O4.C17H17Br2NO3/c2*1-24-11-3-9(2-10(4-11)18(21,22)23)8-29-17-13(19)5-12(6-14(17)20)25-15(26)7-16(27)28;1-10-3-12(5-13(4-10)20-2)9-23-17-14(18)6-11(7-15(17)19)8-16(21)22/h2*2-6,24H,7-8H2,1H3,(H,25,26)(H,27,28);3-7,20H,8-9H2,1-2H3,(H,21,22). The molecule has 0 aromatic heterocycles. The fourth-order valence-corrected chi connectivity index (χ4v) is 10.5. The maximum absolute atomic E-state index is 13.0. The number of ether oxygens (including phenoxy) is 3. The molecule has 0 fully saturated rings.